The average Bonchev–Trinajstić information content (AvgIpc) is 2.48. The number of hydrogen-bond acceptors (Lipinski definition) is 2. The summed E-state index contributed by atoms with van der Waals surface area (Å²) in [4.78, 5) is 11.2. The molecule has 1 aromatic carbocycles. The summed E-state index contributed by atoms with van der Waals surface area (Å²) in [5, 5.41) is 3.93. The van der Waals surface area contributed by atoms with Gasteiger partial charge in [0.15, 0.2) is 0 Å². The van der Waals surface area contributed by atoms with Crippen LogP contribution < -0.4 is 5.32 Å². The van der Waals surface area contributed by atoms with Crippen molar-refractivity contribution in [1.29, 1.82) is 0 Å². The lowest BCUT2D eigenvalue weighted by atomic mass is 9.90. The van der Waals surface area contributed by atoms with E-state index in [0.29, 0.717) is 13.0 Å². The van der Waals surface area contributed by atoms with Gasteiger partial charge in [-0.3, -0.25) is 4.79 Å². The molecule has 14 heavy (non-hydrogen) atoms. The monoisotopic (exact) mass is 209 g/mol. The van der Waals surface area contributed by atoms with Crippen LogP contribution in [0.1, 0.15) is 18.9 Å². The van der Waals surface area contributed by atoms with Crippen LogP contribution in [-0.4, -0.2) is 12.3 Å². The van der Waals surface area contributed by atoms with Gasteiger partial charge in [0.05, 0.1) is 6.54 Å². The normalized spacial score (nSPS) is 26.9. The third kappa shape index (κ3) is 1.56. The first-order valence-electron chi connectivity index (χ1n) is 4.63. The van der Waals surface area contributed by atoms with E-state index in [9.17, 15) is 4.79 Å². The van der Waals surface area contributed by atoms with E-state index in [1.54, 1.807) is 0 Å². The SMILES string of the molecule is CC1(c2ccccc2Cl)CC(=O)CN1. The van der Waals surface area contributed by atoms with Gasteiger partial charge < -0.3 is 5.32 Å². The van der Waals surface area contributed by atoms with Crippen molar-refractivity contribution in [2.75, 3.05) is 6.54 Å². The summed E-state index contributed by atoms with van der Waals surface area (Å²) < 4.78 is 0. The molecule has 0 bridgehead atoms. The zero-order valence-electron chi connectivity index (χ0n) is 8.01. The maximum Gasteiger partial charge on any atom is 0.148 e. The van der Waals surface area contributed by atoms with Crippen LogP contribution in [0.5, 0.6) is 0 Å². The Morgan fingerprint density at radius 2 is 2.14 bits per heavy atom. The van der Waals surface area contributed by atoms with Crippen LogP contribution in [0.25, 0.3) is 0 Å². The summed E-state index contributed by atoms with van der Waals surface area (Å²) in [6.07, 6.45) is 0.525. The number of Topliss-reactive ketones (excluding diaryl/α,β-unsaturated/α-hetero) is 1. The van der Waals surface area contributed by atoms with Gasteiger partial charge in [-0.05, 0) is 18.6 Å². The van der Waals surface area contributed by atoms with Crippen molar-refractivity contribution in [2.45, 2.75) is 18.9 Å². The number of nitrogens with one attached hydrogen (secondary N) is 1. The lowest BCUT2D eigenvalue weighted by Gasteiger charge is -2.24. The Bertz CT molecular complexity index is 377. The minimum absolute atomic E-state index is 0.243. The molecule has 1 aromatic rings. The molecule has 1 aliphatic heterocycles. The molecule has 1 saturated heterocycles. The Kier molecular flexibility index (Phi) is 2.33. The van der Waals surface area contributed by atoms with Crippen LogP contribution in [0.2, 0.25) is 5.02 Å². The van der Waals surface area contributed by atoms with E-state index in [1.807, 2.05) is 31.2 Å². The summed E-state index contributed by atoms with van der Waals surface area (Å²) in [5.74, 6) is 0.243. The molecule has 1 N–H and O–H groups in total. The molecule has 1 unspecified atom stereocenters. The topological polar surface area (TPSA) is 29.1 Å². The highest BCUT2D eigenvalue weighted by molar-refractivity contribution is 6.31. The Hall–Kier alpha value is -0.860. The predicted molar refractivity (Wildman–Crippen MR) is 56.4 cm³/mol. The Balaban J connectivity index is 2.40. The molecule has 3 heteroatoms. The molecule has 0 aromatic heterocycles. The summed E-state index contributed by atoms with van der Waals surface area (Å²) in [6, 6.07) is 7.66. The molecule has 0 spiro atoms. The zero-order valence-corrected chi connectivity index (χ0v) is 8.77. The molecule has 2 nitrogen and oxygen atoms in total. The molecular weight excluding hydrogens is 198 g/mol. The first-order valence-corrected chi connectivity index (χ1v) is 5.01. The lowest BCUT2D eigenvalue weighted by molar-refractivity contribution is -0.116. The van der Waals surface area contributed by atoms with Crippen LogP contribution in [0.4, 0.5) is 0 Å². The number of ketones is 1. The number of benzene rings is 1. The highest BCUT2D eigenvalue weighted by Crippen LogP contribution is 2.33. The number of rotatable bonds is 1. The molecule has 1 atom stereocenters. The summed E-state index contributed by atoms with van der Waals surface area (Å²) in [5.41, 5.74) is 0.725. The number of carbonyl (C=O) groups is 1. The molecule has 74 valence electrons. The quantitative estimate of drug-likeness (QED) is 0.768. The van der Waals surface area contributed by atoms with Crippen molar-refractivity contribution in [3.8, 4) is 0 Å². The van der Waals surface area contributed by atoms with E-state index in [2.05, 4.69) is 5.32 Å². The van der Waals surface area contributed by atoms with E-state index in [4.69, 9.17) is 11.6 Å². The fourth-order valence-corrected chi connectivity index (χ4v) is 2.26. The van der Waals surface area contributed by atoms with Gasteiger partial charge in [-0.15, -0.1) is 0 Å². The minimum Gasteiger partial charge on any atom is -0.300 e. The van der Waals surface area contributed by atoms with E-state index >= 15 is 0 Å². The van der Waals surface area contributed by atoms with Crippen LogP contribution >= 0.6 is 11.6 Å². The molecule has 2 rings (SSSR count). The van der Waals surface area contributed by atoms with Crippen molar-refractivity contribution < 1.29 is 4.79 Å². The Morgan fingerprint density at radius 3 is 2.71 bits per heavy atom. The van der Waals surface area contributed by atoms with Crippen molar-refractivity contribution in [1.82, 2.24) is 5.32 Å². The maximum absolute atomic E-state index is 11.2. The Morgan fingerprint density at radius 1 is 1.43 bits per heavy atom. The zero-order chi connectivity index (χ0) is 10.2. The van der Waals surface area contributed by atoms with Gasteiger partial charge in [-0.2, -0.15) is 0 Å². The first kappa shape index (κ1) is 9.69. The van der Waals surface area contributed by atoms with Gasteiger partial charge in [0.1, 0.15) is 5.78 Å². The number of hydrogen-bond donors (Lipinski definition) is 1. The minimum atomic E-state index is -0.282. The van der Waals surface area contributed by atoms with Gasteiger partial charge in [0, 0.05) is 17.0 Å². The van der Waals surface area contributed by atoms with Crippen molar-refractivity contribution in [3.63, 3.8) is 0 Å². The van der Waals surface area contributed by atoms with Crippen LogP contribution in [-0.2, 0) is 10.3 Å². The van der Waals surface area contributed by atoms with E-state index < -0.39 is 0 Å². The summed E-state index contributed by atoms with van der Waals surface area (Å²) >= 11 is 6.09. The molecule has 0 saturated carbocycles. The van der Waals surface area contributed by atoms with E-state index in [1.165, 1.54) is 0 Å². The molecular formula is C11H12ClNO. The average molecular weight is 210 g/mol. The summed E-state index contributed by atoms with van der Waals surface area (Å²) in [7, 11) is 0. The third-order valence-corrected chi connectivity index (χ3v) is 3.02. The second-order valence-electron chi connectivity index (χ2n) is 3.88. The van der Waals surface area contributed by atoms with Crippen LogP contribution in [0.3, 0.4) is 0 Å². The number of carbonyl (C=O) groups excluding carboxylic acids is 1. The molecule has 0 radical (unpaired) electrons. The second-order valence-corrected chi connectivity index (χ2v) is 4.29. The summed E-state index contributed by atoms with van der Waals surface area (Å²) in [6.45, 7) is 2.46. The first-order chi connectivity index (χ1) is 6.62. The van der Waals surface area contributed by atoms with Crippen LogP contribution in [0.15, 0.2) is 24.3 Å². The Labute approximate surface area is 88.3 Å². The fraction of sp³-hybridized carbons (Fsp3) is 0.364. The maximum atomic E-state index is 11.2. The third-order valence-electron chi connectivity index (χ3n) is 2.69. The standard InChI is InChI=1S/C11H12ClNO/c1-11(6-8(14)7-13-11)9-4-2-3-5-10(9)12/h2-5,13H,6-7H2,1H3. The van der Waals surface area contributed by atoms with Crippen molar-refractivity contribution in [3.05, 3.63) is 34.9 Å². The smallest absolute Gasteiger partial charge is 0.148 e. The van der Waals surface area contributed by atoms with Gasteiger partial charge >= 0.3 is 0 Å². The van der Waals surface area contributed by atoms with Crippen molar-refractivity contribution in [2.24, 2.45) is 0 Å². The van der Waals surface area contributed by atoms with Gasteiger partial charge in [-0.25, -0.2) is 0 Å². The fourth-order valence-electron chi connectivity index (χ4n) is 1.91. The molecule has 0 aliphatic carbocycles. The second kappa shape index (κ2) is 3.37. The van der Waals surface area contributed by atoms with Gasteiger partial charge in [0.25, 0.3) is 0 Å². The lowest BCUT2D eigenvalue weighted by Crippen LogP contribution is -2.33. The van der Waals surface area contributed by atoms with Gasteiger partial charge in [0.2, 0.25) is 0 Å². The highest BCUT2D eigenvalue weighted by atomic mass is 35.5. The molecule has 1 heterocycles. The molecule has 1 aliphatic rings. The number of halogens is 1. The van der Waals surface area contributed by atoms with Gasteiger partial charge in [-0.1, -0.05) is 29.8 Å². The van der Waals surface area contributed by atoms with Crippen LogP contribution in [0, 0.1) is 0 Å². The van der Waals surface area contributed by atoms with E-state index in [-0.39, 0.29) is 11.3 Å². The predicted octanol–water partition coefficient (Wildman–Crippen LogP) is 2.12. The molecule has 1 fully saturated rings. The highest BCUT2D eigenvalue weighted by Gasteiger charge is 2.36. The molecule has 0 amide bonds. The van der Waals surface area contributed by atoms with E-state index in [0.717, 1.165) is 10.6 Å². The van der Waals surface area contributed by atoms with Crippen molar-refractivity contribution >= 4 is 17.4 Å². The largest absolute Gasteiger partial charge is 0.300 e.